The predicted molar refractivity (Wildman–Crippen MR) is 90.6 cm³/mol. The van der Waals surface area contributed by atoms with Crippen LogP contribution in [0.15, 0.2) is 42.5 Å². The van der Waals surface area contributed by atoms with Crippen LogP contribution >= 0.6 is 11.3 Å². The lowest BCUT2D eigenvalue weighted by molar-refractivity contribution is -0.123. The normalized spacial score (nSPS) is 16.5. The van der Waals surface area contributed by atoms with E-state index in [1.807, 2.05) is 24.3 Å². The van der Waals surface area contributed by atoms with Gasteiger partial charge in [-0.1, -0.05) is 29.5 Å². The van der Waals surface area contributed by atoms with E-state index in [0.29, 0.717) is 16.4 Å². The van der Waals surface area contributed by atoms with E-state index in [2.05, 4.69) is 15.6 Å². The number of halogens is 1. The van der Waals surface area contributed by atoms with Gasteiger partial charge in [0, 0.05) is 12.1 Å². The number of nitrogens with one attached hydrogen (secondary N) is 2. The van der Waals surface area contributed by atoms with Crippen LogP contribution < -0.4 is 10.6 Å². The van der Waals surface area contributed by atoms with Crippen molar-refractivity contribution < 1.29 is 14.0 Å². The highest BCUT2D eigenvalue weighted by molar-refractivity contribution is 7.22. The minimum Gasteiger partial charge on any atom is -0.326 e. The van der Waals surface area contributed by atoms with E-state index in [1.165, 1.54) is 29.5 Å². The zero-order valence-electron chi connectivity index (χ0n) is 12.4. The van der Waals surface area contributed by atoms with Gasteiger partial charge in [0.15, 0.2) is 5.13 Å². The second-order valence-electron chi connectivity index (χ2n) is 5.51. The number of nitrogens with zero attached hydrogens (tertiary/aromatic N) is 1. The Hall–Kier alpha value is -2.80. The van der Waals surface area contributed by atoms with Crippen LogP contribution in [0.3, 0.4) is 0 Å². The lowest BCUT2D eigenvalue weighted by Gasteiger charge is -2.24. The highest BCUT2D eigenvalue weighted by Gasteiger charge is 2.31. The summed E-state index contributed by atoms with van der Waals surface area (Å²) in [6.45, 7) is 0. The molecule has 4 rings (SSSR count). The molecule has 1 aromatic heterocycles. The van der Waals surface area contributed by atoms with E-state index in [9.17, 15) is 14.0 Å². The minimum absolute atomic E-state index is 0.0232. The van der Waals surface area contributed by atoms with Crippen molar-refractivity contribution in [2.24, 2.45) is 0 Å². The fourth-order valence-corrected chi connectivity index (χ4v) is 3.66. The first-order valence-corrected chi connectivity index (χ1v) is 8.17. The molecule has 0 spiro atoms. The van der Waals surface area contributed by atoms with Crippen molar-refractivity contribution in [2.45, 2.75) is 12.3 Å². The maximum Gasteiger partial charge on any atom is 0.234 e. The molecule has 1 unspecified atom stereocenters. The SMILES string of the molecule is O=C1CC(C(=O)Nc2nc3ccccc3s2)c2ccc(F)cc2N1. The van der Waals surface area contributed by atoms with E-state index in [4.69, 9.17) is 0 Å². The van der Waals surface area contributed by atoms with Crippen molar-refractivity contribution in [2.75, 3.05) is 10.6 Å². The highest BCUT2D eigenvalue weighted by atomic mass is 32.1. The zero-order valence-corrected chi connectivity index (χ0v) is 13.2. The first-order valence-electron chi connectivity index (χ1n) is 7.36. The van der Waals surface area contributed by atoms with Gasteiger partial charge in [0.25, 0.3) is 0 Å². The van der Waals surface area contributed by atoms with Gasteiger partial charge in [0.05, 0.1) is 16.1 Å². The second kappa shape index (κ2) is 5.68. The van der Waals surface area contributed by atoms with Gasteiger partial charge < -0.3 is 10.6 Å². The van der Waals surface area contributed by atoms with Crippen molar-refractivity contribution in [3.05, 3.63) is 53.8 Å². The number of fused-ring (bicyclic) bond motifs is 2. The van der Waals surface area contributed by atoms with Crippen molar-refractivity contribution in [3.63, 3.8) is 0 Å². The van der Waals surface area contributed by atoms with Crippen LogP contribution in [-0.2, 0) is 9.59 Å². The number of thiazole rings is 1. The number of hydrogen-bond donors (Lipinski definition) is 2. The number of carbonyl (C=O) groups is 2. The first-order chi connectivity index (χ1) is 11.6. The summed E-state index contributed by atoms with van der Waals surface area (Å²) in [4.78, 5) is 28.8. The van der Waals surface area contributed by atoms with Gasteiger partial charge in [0.2, 0.25) is 11.8 Å². The van der Waals surface area contributed by atoms with Crippen LogP contribution in [0.2, 0.25) is 0 Å². The molecular weight excluding hydrogens is 329 g/mol. The molecule has 7 heteroatoms. The fourth-order valence-electron chi connectivity index (χ4n) is 2.79. The summed E-state index contributed by atoms with van der Waals surface area (Å²) in [5, 5.41) is 5.85. The molecule has 2 amide bonds. The van der Waals surface area contributed by atoms with Crippen LogP contribution in [0.1, 0.15) is 17.9 Å². The van der Waals surface area contributed by atoms with E-state index in [1.54, 1.807) is 0 Å². The van der Waals surface area contributed by atoms with E-state index in [-0.39, 0.29) is 18.2 Å². The molecule has 2 N–H and O–H groups in total. The average Bonchev–Trinajstić information content (AvgIpc) is 2.95. The van der Waals surface area contributed by atoms with Crippen LogP contribution in [0.25, 0.3) is 10.2 Å². The number of anilines is 2. The third kappa shape index (κ3) is 2.63. The maximum absolute atomic E-state index is 13.4. The molecule has 0 fully saturated rings. The molecule has 0 saturated carbocycles. The predicted octanol–water partition coefficient (Wildman–Crippen LogP) is 3.50. The number of hydrogen-bond acceptors (Lipinski definition) is 4. The minimum atomic E-state index is -0.665. The number of para-hydroxylation sites is 1. The van der Waals surface area contributed by atoms with E-state index >= 15 is 0 Å². The number of aromatic nitrogens is 1. The summed E-state index contributed by atoms with van der Waals surface area (Å²) in [7, 11) is 0. The molecule has 5 nitrogen and oxygen atoms in total. The lowest BCUT2D eigenvalue weighted by Crippen LogP contribution is -2.30. The van der Waals surface area contributed by atoms with Crippen molar-refractivity contribution in [1.82, 2.24) is 4.98 Å². The Bertz CT molecular complexity index is 936. The van der Waals surface area contributed by atoms with Gasteiger partial charge in [-0.25, -0.2) is 9.37 Å². The average molecular weight is 341 g/mol. The quantitative estimate of drug-likeness (QED) is 0.749. The van der Waals surface area contributed by atoms with Crippen molar-refractivity contribution in [3.8, 4) is 0 Å². The summed E-state index contributed by atoms with van der Waals surface area (Å²) in [6, 6.07) is 11.6. The molecule has 2 aromatic carbocycles. The Morgan fingerprint density at radius 3 is 2.96 bits per heavy atom. The second-order valence-corrected chi connectivity index (χ2v) is 6.54. The van der Waals surface area contributed by atoms with Gasteiger partial charge in [-0.2, -0.15) is 0 Å². The zero-order chi connectivity index (χ0) is 16.7. The van der Waals surface area contributed by atoms with Crippen molar-refractivity contribution in [1.29, 1.82) is 0 Å². The van der Waals surface area contributed by atoms with Crippen LogP contribution in [0.4, 0.5) is 15.2 Å². The smallest absolute Gasteiger partial charge is 0.234 e. The molecule has 1 aliphatic rings. The molecule has 1 aliphatic heterocycles. The molecule has 0 aliphatic carbocycles. The number of rotatable bonds is 2. The van der Waals surface area contributed by atoms with Crippen molar-refractivity contribution >= 4 is 44.2 Å². The molecule has 120 valence electrons. The molecule has 24 heavy (non-hydrogen) atoms. The number of benzene rings is 2. The van der Waals surface area contributed by atoms with Gasteiger partial charge >= 0.3 is 0 Å². The van der Waals surface area contributed by atoms with E-state index in [0.717, 1.165) is 10.2 Å². The van der Waals surface area contributed by atoms with Gasteiger partial charge in [-0.05, 0) is 29.8 Å². The Kier molecular flexibility index (Phi) is 3.50. The molecule has 0 saturated heterocycles. The summed E-state index contributed by atoms with van der Waals surface area (Å²) < 4.78 is 14.3. The molecule has 0 radical (unpaired) electrons. The Morgan fingerprint density at radius 1 is 1.29 bits per heavy atom. The van der Waals surface area contributed by atoms with Gasteiger partial charge in [-0.3, -0.25) is 9.59 Å². The molecule has 1 atom stereocenters. The van der Waals surface area contributed by atoms with Crippen LogP contribution in [0, 0.1) is 5.82 Å². The van der Waals surface area contributed by atoms with Gasteiger partial charge in [-0.15, -0.1) is 0 Å². The number of carbonyl (C=O) groups excluding carboxylic acids is 2. The molecule has 0 bridgehead atoms. The van der Waals surface area contributed by atoms with Crippen LogP contribution in [0.5, 0.6) is 0 Å². The Labute approximate surface area is 140 Å². The number of amides is 2. The largest absolute Gasteiger partial charge is 0.326 e. The molecule has 3 aromatic rings. The standard InChI is InChI=1S/C17H12FN3O2S/c18-9-5-6-10-11(8-15(22)19-13(10)7-9)16(23)21-17-20-12-3-1-2-4-14(12)24-17/h1-7,11H,8H2,(H,19,22)(H,20,21,23). The van der Waals surface area contributed by atoms with E-state index < -0.39 is 11.7 Å². The summed E-state index contributed by atoms with van der Waals surface area (Å²) in [5.74, 6) is -1.75. The maximum atomic E-state index is 13.4. The fraction of sp³-hybridized carbons (Fsp3) is 0.118. The Balaban J connectivity index is 1.63. The summed E-state index contributed by atoms with van der Waals surface area (Å²) in [5.41, 5.74) is 1.76. The lowest BCUT2D eigenvalue weighted by atomic mass is 9.90. The highest BCUT2D eigenvalue weighted by Crippen LogP contribution is 2.34. The summed E-state index contributed by atoms with van der Waals surface area (Å²) >= 11 is 1.37. The third-order valence-electron chi connectivity index (χ3n) is 3.89. The molecule has 2 heterocycles. The first kappa shape index (κ1) is 14.8. The summed E-state index contributed by atoms with van der Waals surface area (Å²) in [6.07, 6.45) is 0.0232. The molecular formula is C17H12FN3O2S. The van der Waals surface area contributed by atoms with Gasteiger partial charge in [0.1, 0.15) is 5.82 Å². The monoisotopic (exact) mass is 341 g/mol. The Morgan fingerprint density at radius 2 is 2.12 bits per heavy atom. The third-order valence-corrected chi connectivity index (χ3v) is 4.85. The topological polar surface area (TPSA) is 71.1 Å². The van der Waals surface area contributed by atoms with Crippen LogP contribution in [-0.4, -0.2) is 16.8 Å².